The van der Waals surface area contributed by atoms with Gasteiger partial charge in [-0.1, -0.05) is 65.2 Å². The van der Waals surface area contributed by atoms with Crippen LogP contribution in [0, 0.1) is 0 Å². The lowest BCUT2D eigenvalue weighted by atomic mass is 9.97. The molecule has 2 aliphatic heterocycles. The Morgan fingerprint density at radius 3 is 1.87 bits per heavy atom. The molecular weight excluding hydrogens is 708 g/mol. The maximum absolute atomic E-state index is 14.0. The standard InChI is InChI=1S/C39H58O15/c1-3-5-7-9-11-13-22-15-24(41)18-26(16-22)51-37(49)30-23(14-12-10-8-6-4-2)17-25(42)19-27(30)52-39-36(48)34(46)32(44)29(54-39)21-50-38-35(47)33(45)31(43)28(20-40)53-38/h15-19,28-29,31-36,38-48H,3-14,20-21H2,1-2H3/t28-,29-,31+,32+,33+,34+,35-,36-,38-,39-/m1/s1. The molecule has 0 radical (unpaired) electrons. The highest BCUT2D eigenvalue weighted by Gasteiger charge is 2.48. The van der Waals surface area contributed by atoms with Crippen LogP contribution in [-0.4, -0.2) is 127 Å². The van der Waals surface area contributed by atoms with Crippen molar-refractivity contribution in [1.29, 1.82) is 0 Å². The molecule has 54 heavy (non-hydrogen) atoms. The zero-order chi connectivity index (χ0) is 39.4. The number of phenolic OH excluding ortho intramolecular Hbond substituents is 2. The van der Waals surface area contributed by atoms with Crippen molar-refractivity contribution in [2.24, 2.45) is 0 Å². The molecule has 15 heteroatoms. The van der Waals surface area contributed by atoms with Crippen molar-refractivity contribution in [1.82, 2.24) is 0 Å². The van der Waals surface area contributed by atoms with E-state index in [1.807, 2.05) is 0 Å². The van der Waals surface area contributed by atoms with Gasteiger partial charge >= 0.3 is 5.97 Å². The molecule has 0 spiro atoms. The van der Waals surface area contributed by atoms with Crippen LogP contribution in [0.25, 0.3) is 0 Å². The molecule has 2 aromatic carbocycles. The van der Waals surface area contributed by atoms with Gasteiger partial charge in [-0.05, 0) is 55.0 Å². The first-order valence-corrected chi connectivity index (χ1v) is 19.1. The second-order valence-electron chi connectivity index (χ2n) is 14.2. The highest BCUT2D eigenvalue weighted by atomic mass is 16.7. The van der Waals surface area contributed by atoms with Crippen LogP contribution in [0.3, 0.4) is 0 Å². The van der Waals surface area contributed by atoms with Crippen molar-refractivity contribution >= 4 is 5.97 Å². The predicted octanol–water partition coefficient (Wildman–Crippen LogP) is 2.35. The van der Waals surface area contributed by atoms with Gasteiger partial charge in [0.25, 0.3) is 0 Å². The van der Waals surface area contributed by atoms with Crippen LogP contribution in [0.4, 0.5) is 0 Å². The molecule has 2 saturated heterocycles. The molecule has 2 aliphatic rings. The van der Waals surface area contributed by atoms with Crippen LogP contribution in [0.15, 0.2) is 30.3 Å². The van der Waals surface area contributed by atoms with E-state index in [9.17, 15) is 50.8 Å². The number of aromatic hydroxyl groups is 2. The molecule has 0 saturated carbocycles. The lowest BCUT2D eigenvalue weighted by molar-refractivity contribution is -0.323. The first kappa shape index (κ1) is 43.6. The minimum Gasteiger partial charge on any atom is -0.508 e. The number of carbonyl (C=O) groups is 1. The van der Waals surface area contributed by atoms with Gasteiger partial charge in [-0.15, -0.1) is 0 Å². The average molecular weight is 767 g/mol. The summed E-state index contributed by atoms with van der Waals surface area (Å²) in [4.78, 5) is 14.0. The summed E-state index contributed by atoms with van der Waals surface area (Å²) in [6.07, 6.45) is -5.72. The van der Waals surface area contributed by atoms with Crippen LogP contribution in [0.2, 0.25) is 0 Å². The van der Waals surface area contributed by atoms with Gasteiger partial charge in [-0.25, -0.2) is 4.79 Å². The van der Waals surface area contributed by atoms with Gasteiger partial charge in [-0.3, -0.25) is 0 Å². The van der Waals surface area contributed by atoms with E-state index in [0.717, 1.165) is 69.4 Å². The van der Waals surface area contributed by atoms with Crippen molar-refractivity contribution < 1.29 is 74.4 Å². The van der Waals surface area contributed by atoms with Crippen LogP contribution >= 0.6 is 0 Å². The summed E-state index contributed by atoms with van der Waals surface area (Å²) in [7, 11) is 0. The Morgan fingerprint density at radius 2 is 1.22 bits per heavy atom. The van der Waals surface area contributed by atoms with Gasteiger partial charge in [0.1, 0.15) is 77.4 Å². The van der Waals surface area contributed by atoms with E-state index in [1.165, 1.54) is 12.1 Å². The van der Waals surface area contributed by atoms with Crippen LogP contribution < -0.4 is 9.47 Å². The van der Waals surface area contributed by atoms with Crippen LogP contribution in [-0.2, 0) is 27.1 Å². The van der Waals surface area contributed by atoms with E-state index < -0.39 is 80.6 Å². The average Bonchev–Trinajstić information content (AvgIpc) is 3.13. The Morgan fingerprint density at radius 1 is 0.648 bits per heavy atom. The molecule has 0 aliphatic carbocycles. The topological polar surface area (TPSA) is 245 Å². The molecule has 0 aromatic heterocycles. The molecule has 0 bridgehead atoms. The van der Waals surface area contributed by atoms with E-state index in [2.05, 4.69) is 13.8 Å². The Hall–Kier alpha value is -3.09. The highest BCUT2D eigenvalue weighted by molar-refractivity contribution is 5.96. The predicted molar refractivity (Wildman–Crippen MR) is 193 cm³/mol. The molecule has 2 heterocycles. The molecule has 2 fully saturated rings. The van der Waals surface area contributed by atoms with Gasteiger partial charge in [0, 0.05) is 12.1 Å². The minimum atomic E-state index is -1.86. The Kier molecular flexibility index (Phi) is 17.2. The van der Waals surface area contributed by atoms with Gasteiger partial charge in [-0.2, -0.15) is 0 Å². The quantitative estimate of drug-likeness (QED) is 0.0534. The largest absolute Gasteiger partial charge is 0.508 e. The fourth-order valence-corrected chi connectivity index (χ4v) is 6.71. The van der Waals surface area contributed by atoms with E-state index in [0.29, 0.717) is 24.8 Å². The molecule has 2 aromatic rings. The molecular formula is C39H58O15. The third kappa shape index (κ3) is 11.7. The van der Waals surface area contributed by atoms with Gasteiger partial charge in [0.05, 0.1) is 13.2 Å². The Bertz CT molecular complexity index is 1450. The fourth-order valence-electron chi connectivity index (χ4n) is 6.71. The maximum atomic E-state index is 14.0. The number of benzene rings is 2. The number of aliphatic hydroxyl groups is 7. The van der Waals surface area contributed by atoms with Gasteiger partial charge in [0.2, 0.25) is 6.29 Å². The van der Waals surface area contributed by atoms with Gasteiger partial charge in [0.15, 0.2) is 6.29 Å². The molecule has 0 amide bonds. The SMILES string of the molecule is CCCCCCCc1cc(O)cc(OC(=O)c2c(CCCCCCC)cc(O)cc2O[C@@H]2O[C@H](CO[C@@H]3O[C@H](CO)[C@H](O)[C@H](O)[C@H]3O)[C@H](O)[C@H](O)[C@H]2O)c1. The number of carbonyl (C=O) groups excluding carboxylic acids is 1. The third-order valence-electron chi connectivity index (χ3n) is 9.84. The second-order valence-corrected chi connectivity index (χ2v) is 14.2. The number of phenols is 2. The number of ether oxygens (including phenoxy) is 5. The number of rotatable bonds is 20. The van der Waals surface area contributed by atoms with Crippen molar-refractivity contribution in [3.63, 3.8) is 0 Å². The summed E-state index contributed by atoms with van der Waals surface area (Å²) in [6, 6.07) is 7.16. The number of hydrogen-bond donors (Lipinski definition) is 9. The number of aliphatic hydroxyl groups excluding tert-OH is 7. The molecule has 4 rings (SSSR count). The lowest BCUT2D eigenvalue weighted by Crippen LogP contribution is -2.62. The van der Waals surface area contributed by atoms with Crippen molar-refractivity contribution in [2.45, 2.75) is 152 Å². The van der Waals surface area contributed by atoms with Crippen molar-refractivity contribution in [3.8, 4) is 23.0 Å². The molecule has 9 N–H and O–H groups in total. The van der Waals surface area contributed by atoms with E-state index in [-0.39, 0.29) is 28.6 Å². The number of aryl methyl sites for hydroxylation is 2. The molecule has 304 valence electrons. The number of hydrogen-bond acceptors (Lipinski definition) is 15. The van der Waals surface area contributed by atoms with Crippen molar-refractivity contribution in [2.75, 3.05) is 13.2 Å². The summed E-state index contributed by atoms with van der Waals surface area (Å²) in [5.74, 6) is -1.37. The second kappa shape index (κ2) is 21.3. The van der Waals surface area contributed by atoms with E-state index >= 15 is 0 Å². The van der Waals surface area contributed by atoms with E-state index in [1.54, 1.807) is 12.1 Å². The molecule has 0 unspecified atom stereocenters. The molecule has 10 atom stereocenters. The zero-order valence-corrected chi connectivity index (χ0v) is 31.0. The Balaban J connectivity index is 1.57. The molecule has 15 nitrogen and oxygen atoms in total. The third-order valence-corrected chi connectivity index (χ3v) is 9.84. The van der Waals surface area contributed by atoms with Crippen LogP contribution in [0.5, 0.6) is 23.0 Å². The summed E-state index contributed by atoms with van der Waals surface area (Å²) < 4.78 is 28.4. The summed E-state index contributed by atoms with van der Waals surface area (Å²) in [5, 5.41) is 93.6. The summed E-state index contributed by atoms with van der Waals surface area (Å²) in [5.41, 5.74) is 1.09. The summed E-state index contributed by atoms with van der Waals surface area (Å²) in [6.45, 7) is 2.94. The van der Waals surface area contributed by atoms with Gasteiger partial charge < -0.3 is 69.6 Å². The highest BCUT2D eigenvalue weighted by Crippen LogP contribution is 2.35. The number of unbranched alkanes of at least 4 members (excludes halogenated alkanes) is 8. The minimum absolute atomic E-state index is 0.0783. The lowest BCUT2D eigenvalue weighted by Gasteiger charge is -2.42. The summed E-state index contributed by atoms with van der Waals surface area (Å²) >= 11 is 0. The maximum Gasteiger partial charge on any atom is 0.347 e. The fraction of sp³-hybridized carbons (Fsp3) is 0.667. The number of esters is 1. The monoisotopic (exact) mass is 766 g/mol. The van der Waals surface area contributed by atoms with Crippen molar-refractivity contribution in [3.05, 3.63) is 47.0 Å². The normalized spacial score (nSPS) is 28.5. The first-order valence-electron chi connectivity index (χ1n) is 19.1. The smallest absolute Gasteiger partial charge is 0.347 e. The van der Waals surface area contributed by atoms with Crippen LogP contribution in [0.1, 0.15) is 99.5 Å². The zero-order valence-electron chi connectivity index (χ0n) is 31.0. The Labute approximate surface area is 315 Å². The van der Waals surface area contributed by atoms with E-state index in [4.69, 9.17) is 23.7 Å². The first-order chi connectivity index (χ1) is 25.9.